The van der Waals surface area contributed by atoms with Crippen LogP contribution < -0.4 is 10.6 Å². The number of likely N-dealkylation sites (N-methyl/N-ethyl adjacent to an activating group) is 1. The fraction of sp³-hybridized carbons (Fsp3) is 0.312. The predicted octanol–water partition coefficient (Wildman–Crippen LogP) is 2.10. The van der Waals surface area contributed by atoms with Gasteiger partial charge in [-0.1, -0.05) is 12.1 Å². The topological polar surface area (TPSA) is 72.3 Å². The first-order valence-corrected chi connectivity index (χ1v) is 7.32. The molecule has 2 aromatic heterocycles. The van der Waals surface area contributed by atoms with Crippen LogP contribution in [-0.2, 0) is 0 Å². The van der Waals surface area contributed by atoms with E-state index < -0.39 is 0 Å². The lowest BCUT2D eigenvalue weighted by molar-refractivity contribution is 0.516. The molecule has 0 aliphatic heterocycles. The molecule has 2 N–H and O–H groups in total. The highest BCUT2D eigenvalue weighted by Gasteiger charge is 2.17. The molecule has 7 heteroatoms. The molecule has 1 aromatic carbocycles. The van der Waals surface area contributed by atoms with E-state index in [0.717, 1.165) is 5.82 Å². The number of hydrogen-bond donors (Lipinski definition) is 1. The van der Waals surface area contributed by atoms with E-state index in [1.54, 1.807) is 16.6 Å². The second kappa shape index (κ2) is 5.58. The molecule has 0 bridgehead atoms. The maximum absolute atomic E-state index is 13.5. The van der Waals surface area contributed by atoms with Crippen LogP contribution in [0.5, 0.6) is 0 Å². The van der Waals surface area contributed by atoms with E-state index in [-0.39, 0.29) is 11.4 Å². The Labute approximate surface area is 133 Å². The van der Waals surface area contributed by atoms with E-state index in [0.29, 0.717) is 23.6 Å². The Kier molecular flexibility index (Phi) is 3.73. The van der Waals surface area contributed by atoms with Crippen molar-refractivity contribution >= 4 is 11.5 Å². The number of halogens is 1. The first-order valence-electron chi connectivity index (χ1n) is 7.32. The Balaban J connectivity index is 2.04. The van der Waals surface area contributed by atoms with E-state index in [2.05, 4.69) is 15.3 Å². The molecule has 0 radical (unpaired) electrons. The summed E-state index contributed by atoms with van der Waals surface area (Å²) in [6.07, 6.45) is 0. The summed E-state index contributed by atoms with van der Waals surface area (Å²) in [6.45, 7) is 4.56. The van der Waals surface area contributed by atoms with Crippen LogP contribution in [0.2, 0.25) is 0 Å². The maximum atomic E-state index is 13.5. The maximum Gasteiger partial charge on any atom is 0.185 e. The molecular weight excluding hydrogens is 295 g/mol. The van der Waals surface area contributed by atoms with Crippen molar-refractivity contribution in [2.45, 2.75) is 19.4 Å². The average molecular weight is 314 g/mol. The van der Waals surface area contributed by atoms with Crippen LogP contribution in [0.4, 0.5) is 10.2 Å². The normalized spacial score (nSPS) is 11.9. The number of nitrogens with zero attached hydrogens (tertiary/aromatic N) is 5. The number of nitrogens with two attached hydrogens (primary N) is 1. The Hall–Kier alpha value is -2.54. The molecule has 3 rings (SSSR count). The van der Waals surface area contributed by atoms with Gasteiger partial charge in [-0.05, 0) is 38.1 Å². The molecule has 0 saturated heterocycles. The second-order valence-corrected chi connectivity index (χ2v) is 6.34. The fourth-order valence-corrected chi connectivity index (χ4v) is 2.48. The van der Waals surface area contributed by atoms with Gasteiger partial charge in [-0.25, -0.2) is 4.39 Å². The number of fused-ring (bicyclic) bond motifs is 1. The van der Waals surface area contributed by atoms with Crippen molar-refractivity contribution in [2.75, 3.05) is 18.5 Å². The van der Waals surface area contributed by atoms with Gasteiger partial charge in [-0.3, -0.25) is 0 Å². The molecule has 0 amide bonds. The number of benzene rings is 1. The highest BCUT2D eigenvalue weighted by atomic mass is 19.1. The number of hydrogen-bond acceptors (Lipinski definition) is 5. The van der Waals surface area contributed by atoms with Crippen LogP contribution in [-0.4, -0.2) is 38.9 Å². The molecule has 0 aliphatic carbocycles. The third-order valence-electron chi connectivity index (χ3n) is 3.37. The SMILES string of the molecule is CN(CC(C)(C)N)c1ccc2nnc(-c3cccc(F)c3)n2n1. The van der Waals surface area contributed by atoms with Crippen LogP contribution in [0.1, 0.15) is 13.8 Å². The Bertz CT molecular complexity index is 836. The van der Waals surface area contributed by atoms with Gasteiger partial charge in [0, 0.05) is 24.7 Å². The molecule has 23 heavy (non-hydrogen) atoms. The first-order chi connectivity index (χ1) is 10.8. The molecular formula is C16H19FN6. The highest BCUT2D eigenvalue weighted by Crippen LogP contribution is 2.20. The zero-order valence-electron chi connectivity index (χ0n) is 13.4. The number of anilines is 1. The third-order valence-corrected chi connectivity index (χ3v) is 3.37. The second-order valence-electron chi connectivity index (χ2n) is 6.34. The predicted molar refractivity (Wildman–Crippen MR) is 87.7 cm³/mol. The molecule has 120 valence electrons. The number of rotatable bonds is 4. The lowest BCUT2D eigenvalue weighted by Crippen LogP contribution is -2.44. The average Bonchev–Trinajstić information content (AvgIpc) is 2.88. The van der Waals surface area contributed by atoms with Gasteiger partial charge in [0.15, 0.2) is 11.5 Å². The number of aromatic nitrogens is 4. The van der Waals surface area contributed by atoms with Crippen molar-refractivity contribution in [3.8, 4) is 11.4 Å². The Morgan fingerprint density at radius 2 is 2.00 bits per heavy atom. The minimum absolute atomic E-state index is 0.322. The van der Waals surface area contributed by atoms with Crippen LogP contribution in [0.3, 0.4) is 0 Å². The van der Waals surface area contributed by atoms with Gasteiger partial charge in [0.1, 0.15) is 11.6 Å². The van der Waals surface area contributed by atoms with Gasteiger partial charge >= 0.3 is 0 Å². The molecule has 0 saturated carbocycles. The van der Waals surface area contributed by atoms with E-state index in [1.165, 1.54) is 12.1 Å². The molecule has 6 nitrogen and oxygen atoms in total. The van der Waals surface area contributed by atoms with E-state index in [1.807, 2.05) is 37.9 Å². The smallest absolute Gasteiger partial charge is 0.185 e. The Morgan fingerprint density at radius 1 is 1.22 bits per heavy atom. The van der Waals surface area contributed by atoms with Gasteiger partial charge in [0.2, 0.25) is 0 Å². The molecule has 0 aliphatic rings. The van der Waals surface area contributed by atoms with Crippen LogP contribution in [0.15, 0.2) is 36.4 Å². The minimum atomic E-state index is -0.343. The van der Waals surface area contributed by atoms with Crippen molar-refractivity contribution in [2.24, 2.45) is 5.73 Å². The largest absolute Gasteiger partial charge is 0.356 e. The highest BCUT2D eigenvalue weighted by molar-refractivity contribution is 5.59. The summed E-state index contributed by atoms with van der Waals surface area (Å²) in [5.41, 5.74) is 6.95. The standard InChI is InChI=1S/C16H19FN6/c1-16(2,18)10-22(3)14-8-7-13-19-20-15(23(13)21-14)11-5-4-6-12(17)9-11/h4-9H,10,18H2,1-3H3. The van der Waals surface area contributed by atoms with E-state index >= 15 is 0 Å². The molecule has 0 fully saturated rings. The van der Waals surface area contributed by atoms with Gasteiger partial charge < -0.3 is 10.6 Å². The molecule has 0 unspecified atom stereocenters. The van der Waals surface area contributed by atoms with Gasteiger partial charge in [-0.2, -0.15) is 4.52 Å². The first kappa shape index (κ1) is 15.4. The van der Waals surface area contributed by atoms with Crippen molar-refractivity contribution in [3.63, 3.8) is 0 Å². The molecule has 0 atom stereocenters. The fourth-order valence-electron chi connectivity index (χ4n) is 2.48. The van der Waals surface area contributed by atoms with E-state index in [9.17, 15) is 4.39 Å². The third kappa shape index (κ3) is 3.29. The molecule has 0 spiro atoms. The lowest BCUT2D eigenvalue weighted by atomic mass is 10.1. The summed E-state index contributed by atoms with van der Waals surface area (Å²) in [7, 11) is 1.93. The summed E-state index contributed by atoms with van der Waals surface area (Å²) in [4.78, 5) is 1.97. The van der Waals surface area contributed by atoms with Crippen molar-refractivity contribution < 1.29 is 4.39 Å². The van der Waals surface area contributed by atoms with E-state index in [4.69, 9.17) is 5.73 Å². The summed E-state index contributed by atoms with van der Waals surface area (Å²) in [5, 5.41) is 12.8. The monoisotopic (exact) mass is 314 g/mol. The van der Waals surface area contributed by atoms with Crippen molar-refractivity contribution in [1.29, 1.82) is 0 Å². The summed E-state index contributed by atoms with van der Waals surface area (Å²) in [5.74, 6) is 0.924. The van der Waals surface area contributed by atoms with Crippen LogP contribution >= 0.6 is 0 Å². The van der Waals surface area contributed by atoms with Gasteiger partial charge in [0.25, 0.3) is 0 Å². The van der Waals surface area contributed by atoms with Gasteiger partial charge in [-0.15, -0.1) is 15.3 Å². The summed E-state index contributed by atoms with van der Waals surface area (Å²) in [6, 6.07) is 9.92. The van der Waals surface area contributed by atoms with Crippen molar-refractivity contribution in [3.05, 3.63) is 42.2 Å². The Morgan fingerprint density at radius 3 is 2.70 bits per heavy atom. The van der Waals surface area contributed by atoms with Crippen LogP contribution in [0, 0.1) is 5.82 Å². The van der Waals surface area contributed by atoms with Crippen LogP contribution in [0.25, 0.3) is 17.0 Å². The summed E-state index contributed by atoms with van der Waals surface area (Å²) >= 11 is 0. The molecule has 3 aromatic rings. The van der Waals surface area contributed by atoms with Gasteiger partial charge in [0.05, 0.1) is 0 Å². The molecule has 2 heterocycles. The lowest BCUT2D eigenvalue weighted by Gasteiger charge is -2.27. The van der Waals surface area contributed by atoms with Crippen molar-refractivity contribution in [1.82, 2.24) is 19.8 Å². The zero-order chi connectivity index (χ0) is 16.6. The summed E-state index contributed by atoms with van der Waals surface area (Å²) < 4.78 is 15.1. The minimum Gasteiger partial charge on any atom is -0.356 e. The zero-order valence-corrected chi connectivity index (χ0v) is 13.4. The quantitative estimate of drug-likeness (QED) is 0.798.